The maximum absolute atomic E-state index is 12.3. The van der Waals surface area contributed by atoms with Crippen LogP contribution in [0.15, 0.2) is 18.3 Å². The minimum Gasteiger partial charge on any atom is -0.381 e. The van der Waals surface area contributed by atoms with E-state index in [1.165, 1.54) is 0 Å². The zero-order chi connectivity index (χ0) is 17.9. The summed E-state index contributed by atoms with van der Waals surface area (Å²) in [6, 6.07) is 4.33. The summed E-state index contributed by atoms with van der Waals surface area (Å²) < 4.78 is 7.26. The quantitative estimate of drug-likeness (QED) is 0.905. The monoisotopic (exact) mass is 357 g/mol. The summed E-state index contributed by atoms with van der Waals surface area (Å²) in [7, 11) is 0. The molecule has 4 heterocycles. The first-order valence-corrected chi connectivity index (χ1v) is 9.62. The Morgan fingerprint density at radius 2 is 2.04 bits per heavy atom. The predicted octanol–water partition coefficient (Wildman–Crippen LogP) is 1.94. The molecule has 26 heavy (non-hydrogen) atoms. The lowest BCUT2D eigenvalue weighted by Gasteiger charge is -2.33. The first-order chi connectivity index (χ1) is 12.7. The Morgan fingerprint density at radius 1 is 1.27 bits per heavy atom. The van der Waals surface area contributed by atoms with Crippen molar-refractivity contribution in [3.05, 3.63) is 24.0 Å². The molecule has 2 aliphatic rings. The van der Waals surface area contributed by atoms with Crippen molar-refractivity contribution in [2.24, 2.45) is 5.92 Å². The Hall–Kier alpha value is -2.15. The maximum atomic E-state index is 12.3. The Kier molecular flexibility index (Phi) is 5.06. The minimum absolute atomic E-state index is 0.199. The number of nitrogens with one attached hydrogen (secondary N) is 1. The van der Waals surface area contributed by atoms with Gasteiger partial charge in [0, 0.05) is 56.6 Å². The highest BCUT2D eigenvalue weighted by Crippen LogP contribution is 2.26. The van der Waals surface area contributed by atoms with Crippen LogP contribution in [0.5, 0.6) is 0 Å². The molecule has 2 fully saturated rings. The third-order valence-corrected chi connectivity index (χ3v) is 5.47. The molecule has 0 bridgehead atoms. The van der Waals surface area contributed by atoms with E-state index in [1.54, 1.807) is 6.20 Å². The largest absolute Gasteiger partial charge is 0.381 e. The van der Waals surface area contributed by atoms with Crippen LogP contribution in [0.3, 0.4) is 0 Å². The van der Waals surface area contributed by atoms with E-state index in [-0.39, 0.29) is 5.91 Å². The number of fused-ring (bicyclic) bond motifs is 1. The van der Waals surface area contributed by atoms with Gasteiger partial charge in [-0.25, -0.2) is 4.98 Å². The van der Waals surface area contributed by atoms with Gasteiger partial charge in [0.05, 0.1) is 6.20 Å². The van der Waals surface area contributed by atoms with Gasteiger partial charge in [0.2, 0.25) is 5.91 Å². The van der Waals surface area contributed by atoms with E-state index in [4.69, 9.17) is 4.74 Å². The molecule has 2 aromatic heterocycles. The fraction of sp³-hybridized carbons (Fsp3) is 0.632. The van der Waals surface area contributed by atoms with Crippen LogP contribution < -0.4 is 10.2 Å². The zero-order valence-corrected chi connectivity index (χ0v) is 15.4. The molecule has 0 aliphatic carbocycles. The summed E-state index contributed by atoms with van der Waals surface area (Å²) in [5, 5.41) is 7.59. The number of hydrogen-bond acceptors (Lipinski definition) is 5. The molecule has 0 radical (unpaired) electrons. The summed E-state index contributed by atoms with van der Waals surface area (Å²) in [5.41, 5.74) is 1.89. The Bertz CT molecular complexity index is 760. The number of aromatic nitrogens is 3. The number of rotatable bonds is 4. The van der Waals surface area contributed by atoms with Crippen molar-refractivity contribution in [2.75, 3.05) is 31.2 Å². The van der Waals surface area contributed by atoms with Gasteiger partial charge in [-0.05, 0) is 38.5 Å². The molecular weight excluding hydrogens is 330 g/mol. The second-order valence-electron chi connectivity index (χ2n) is 7.45. The molecule has 4 rings (SSSR count). The normalized spacial score (nSPS) is 19.8. The Labute approximate surface area is 153 Å². The molecule has 7 nitrogen and oxygen atoms in total. The molecule has 2 saturated heterocycles. The van der Waals surface area contributed by atoms with Crippen LogP contribution in [0.2, 0.25) is 0 Å². The molecule has 140 valence electrons. The van der Waals surface area contributed by atoms with Crippen molar-refractivity contribution in [1.29, 1.82) is 0 Å². The van der Waals surface area contributed by atoms with Crippen LogP contribution in [0.25, 0.3) is 5.65 Å². The highest BCUT2D eigenvalue weighted by atomic mass is 16.5. The fourth-order valence-electron chi connectivity index (χ4n) is 4.00. The Balaban J connectivity index is 1.32. The first kappa shape index (κ1) is 17.3. The molecule has 1 N–H and O–H groups in total. The molecule has 0 atom stereocenters. The number of nitrogens with zero attached hydrogens (tertiary/aromatic N) is 4. The lowest BCUT2D eigenvalue weighted by atomic mass is 9.93. The summed E-state index contributed by atoms with van der Waals surface area (Å²) in [4.78, 5) is 19.2. The van der Waals surface area contributed by atoms with Gasteiger partial charge < -0.3 is 15.0 Å². The van der Waals surface area contributed by atoms with E-state index < -0.39 is 0 Å². The molecule has 2 aliphatic heterocycles. The fourth-order valence-corrected chi connectivity index (χ4v) is 4.00. The van der Waals surface area contributed by atoms with E-state index >= 15 is 0 Å². The van der Waals surface area contributed by atoms with Crippen LogP contribution in [-0.2, 0) is 9.53 Å². The second-order valence-corrected chi connectivity index (χ2v) is 7.45. The van der Waals surface area contributed by atoms with Crippen molar-refractivity contribution >= 4 is 17.4 Å². The number of anilines is 1. The molecule has 0 spiro atoms. The van der Waals surface area contributed by atoms with Crippen LogP contribution in [-0.4, -0.2) is 52.9 Å². The third-order valence-electron chi connectivity index (χ3n) is 5.47. The smallest absolute Gasteiger partial charge is 0.220 e. The van der Waals surface area contributed by atoms with Crippen molar-refractivity contribution in [2.45, 2.75) is 45.1 Å². The molecule has 2 aromatic rings. The van der Waals surface area contributed by atoms with E-state index in [0.29, 0.717) is 18.4 Å². The van der Waals surface area contributed by atoms with E-state index in [1.807, 2.05) is 17.5 Å². The molecule has 0 unspecified atom stereocenters. The molecule has 0 saturated carbocycles. The summed E-state index contributed by atoms with van der Waals surface area (Å²) in [5.74, 6) is 1.76. The number of aryl methyl sites for hydroxylation is 1. The van der Waals surface area contributed by atoms with E-state index in [2.05, 4.69) is 26.4 Å². The number of carbonyl (C=O) groups is 1. The van der Waals surface area contributed by atoms with Gasteiger partial charge in [0.15, 0.2) is 5.65 Å². The second kappa shape index (κ2) is 7.61. The summed E-state index contributed by atoms with van der Waals surface area (Å²) >= 11 is 0. The summed E-state index contributed by atoms with van der Waals surface area (Å²) in [6.07, 6.45) is 6.37. The van der Waals surface area contributed by atoms with Gasteiger partial charge in [0.25, 0.3) is 0 Å². The number of carbonyl (C=O) groups excluding carboxylic acids is 1. The van der Waals surface area contributed by atoms with Crippen LogP contribution in [0.4, 0.5) is 5.82 Å². The van der Waals surface area contributed by atoms with Gasteiger partial charge in [-0.1, -0.05) is 0 Å². The molecule has 7 heteroatoms. The lowest BCUT2D eigenvalue weighted by Crippen LogP contribution is -2.41. The maximum Gasteiger partial charge on any atom is 0.220 e. The number of piperidine rings is 1. The van der Waals surface area contributed by atoms with Crippen molar-refractivity contribution < 1.29 is 9.53 Å². The number of ether oxygens (including phenoxy) is 1. The van der Waals surface area contributed by atoms with Gasteiger partial charge in [-0.2, -0.15) is 9.61 Å². The van der Waals surface area contributed by atoms with Gasteiger partial charge in [-0.15, -0.1) is 0 Å². The number of hydrogen-bond donors (Lipinski definition) is 1. The molecule has 1 amide bonds. The van der Waals surface area contributed by atoms with Crippen LogP contribution in [0, 0.1) is 12.8 Å². The minimum atomic E-state index is 0.199. The molecular formula is C19H27N5O2. The highest BCUT2D eigenvalue weighted by molar-refractivity contribution is 5.76. The van der Waals surface area contributed by atoms with Crippen LogP contribution in [0.1, 0.15) is 37.8 Å². The number of amides is 1. The topological polar surface area (TPSA) is 71.8 Å². The van der Waals surface area contributed by atoms with Gasteiger partial charge in [-0.3, -0.25) is 4.79 Å². The Morgan fingerprint density at radius 3 is 2.81 bits per heavy atom. The van der Waals surface area contributed by atoms with Crippen molar-refractivity contribution in [3.8, 4) is 0 Å². The lowest BCUT2D eigenvalue weighted by molar-refractivity contribution is -0.123. The predicted molar refractivity (Wildman–Crippen MR) is 99.3 cm³/mol. The standard InChI is InChI=1S/C19H27N5O2/c1-14-12-19(24-17(21-14)2-7-20-24)23-8-3-15(4-9-23)13-18(25)22-16-5-10-26-11-6-16/h2,7,12,15-16H,3-6,8-11,13H2,1H3,(H,22,25). The van der Waals surface area contributed by atoms with Crippen molar-refractivity contribution in [1.82, 2.24) is 19.9 Å². The van der Waals surface area contributed by atoms with E-state index in [9.17, 15) is 4.79 Å². The van der Waals surface area contributed by atoms with Crippen LogP contribution >= 0.6 is 0 Å². The zero-order valence-electron chi connectivity index (χ0n) is 15.4. The van der Waals surface area contributed by atoms with E-state index in [0.717, 1.165) is 69.1 Å². The summed E-state index contributed by atoms with van der Waals surface area (Å²) in [6.45, 7) is 5.44. The first-order valence-electron chi connectivity index (χ1n) is 9.62. The van der Waals surface area contributed by atoms with Gasteiger partial charge >= 0.3 is 0 Å². The van der Waals surface area contributed by atoms with Gasteiger partial charge in [0.1, 0.15) is 5.82 Å². The average Bonchev–Trinajstić information content (AvgIpc) is 3.11. The third kappa shape index (κ3) is 3.82. The average molecular weight is 357 g/mol. The van der Waals surface area contributed by atoms with Crippen molar-refractivity contribution in [3.63, 3.8) is 0 Å². The highest BCUT2D eigenvalue weighted by Gasteiger charge is 2.24. The SMILES string of the molecule is Cc1cc(N2CCC(CC(=O)NC3CCOCC3)CC2)n2nccc2n1. The molecule has 0 aromatic carbocycles.